The smallest absolute Gasteiger partial charge is 0.307 e. The van der Waals surface area contributed by atoms with Crippen LogP contribution in [0.2, 0.25) is 0 Å². The first kappa shape index (κ1) is 16.0. The second-order valence-corrected chi connectivity index (χ2v) is 7.39. The summed E-state index contributed by atoms with van der Waals surface area (Å²) < 4.78 is 0. The maximum absolute atomic E-state index is 12.4. The Morgan fingerprint density at radius 1 is 1.29 bits per heavy atom. The minimum atomic E-state index is -0.843. The highest BCUT2D eigenvalue weighted by atomic mass is 32.1. The number of thiophene rings is 1. The average Bonchev–Trinajstić information content (AvgIpc) is 2.77. The van der Waals surface area contributed by atoms with E-state index in [2.05, 4.69) is 25.2 Å². The van der Waals surface area contributed by atoms with Crippen LogP contribution in [0.5, 0.6) is 0 Å². The molecule has 4 nitrogen and oxygen atoms in total. The van der Waals surface area contributed by atoms with E-state index in [-0.39, 0.29) is 11.9 Å². The molecular formula is C16H23NO3S. The Balaban J connectivity index is 2.06. The zero-order valence-electron chi connectivity index (χ0n) is 12.8. The van der Waals surface area contributed by atoms with E-state index in [0.29, 0.717) is 12.8 Å². The maximum Gasteiger partial charge on any atom is 0.307 e. The molecule has 1 heterocycles. The second kappa shape index (κ2) is 6.60. The van der Waals surface area contributed by atoms with Gasteiger partial charge in [0.2, 0.25) is 5.91 Å². The van der Waals surface area contributed by atoms with Crippen LogP contribution >= 0.6 is 11.3 Å². The summed E-state index contributed by atoms with van der Waals surface area (Å²) in [5, 5.41) is 12.3. The van der Waals surface area contributed by atoms with Crippen molar-refractivity contribution in [3.8, 4) is 0 Å². The molecule has 0 spiro atoms. The SMILES string of the molecule is Cc1cc(C(C)NC(=O)C2CCCCC2C(=O)O)c(C)s1. The van der Waals surface area contributed by atoms with E-state index in [9.17, 15) is 14.7 Å². The molecule has 0 bridgehead atoms. The fourth-order valence-corrected chi connectivity index (χ4v) is 4.24. The largest absolute Gasteiger partial charge is 0.481 e. The van der Waals surface area contributed by atoms with E-state index in [0.717, 1.165) is 18.4 Å². The quantitative estimate of drug-likeness (QED) is 0.895. The predicted molar refractivity (Wildman–Crippen MR) is 83.4 cm³/mol. The first-order valence-corrected chi connectivity index (χ1v) is 8.32. The van der Waals surface area contributed by atoms with Crippen molar-refractivity contribution in [2.24, 2.45) is 11.8 Å². The van der Waals surface area contributed by atoms with E-state index >= 15 is 0 Å². The van der Waals surface area contributed by atoms with Gasteiger partial charge in [-0.25, -0.2) is 0 Å². The molecule has 1 fully saturated rings. The first-order chi connectivity index (χ1) is 9.90. The molecule has 3 unspecified atom stereocenters. The molecule has 1 aliphatic rings. The molecule has 2 rings (SSSR count). The number of aryl methyl sites for hydroxylation is 2. The van der Waals surface area contributed by atoms with Gasteiger partial charge in [0.15, 0.2) is 0 Å². The van der Waals surface area contributed by atoms with Gasteiger partial charge in [-0.05, 0) is 45.2 Å². The Bertz CT molecular complexity index is 538. The summed E-state index contributed by atoms with van der Waals surface area (Å²) in [6.45, 7) is 6.07. The summed E-state index contributed by atoms with van der Waals surface area (Å²) in [6, 6.07) is 2.03. The van der Waals surface area contributed by atoms with Crippen molar-refractivity contribution >= 4 is 23.2 Å². The molecule has 1 aromatic rings. The summed E-state index contributed by atoms with van der Waals surface area (Å²) in [5.74, 6) is -1.88. The lowest BCUT2D eigenvalue weighted by Gasteiger charge is -2.28. The van der Waals surface area contributed by atoms with Crippen molar-refractivity contribution in [2.45, 2.75) is 52.5 Å². The third-order valence-corrected chi connectivity index (χ3v) is 5.31. The predicted octanol–water partition coefficient (Wildman–Crippen LogP) is 3.43. The summed E-state index contributed by atoms with van der Waals surface area (Å²) in [7, 11) is 0. The summed E-state index contributed by atoms with van der Waals surface area (Å²) in [6.07, 6.45) is 3.13. The van der Waals surface area contributed by atoms with Crippen LogP contribution in [-0.4, -0.2) is 17.0 Å². The van der Waals surface area contributed by atoms with Gasteiger partial charge in [-0.3, -0.25) is 9.59 Å². The number of rotatable bonds is 4. The van der Waals surface area contributed by atoms with Crippen molar-refractivity contribution in [1.29, 1.82) is 0 Å². The van der Waals surface area contributed by atoms with Crippen molar-refractivity contribution in [3.05, 3.63) is 21.4 Å². The number of carbonyl (C=O) groups is 2. The molecule has 0 aliphatic heterocycles. The van der Waals surface area contributed by atoms with Crippen molar-refractivity contribution < 1.29 is 14.7 Å². The second-order valence-electron chi connectivity index (χ2n) is 5.93. The van der Waals surface area contributed by atoms with Crippen molar-refractivity contribution in [1.82, 2.24) is 5.32 Å². The molecule has 116 valence electrons. The average molecular weight is 309 g/mol. The number of aliphatic carboxylic acids is 1. The lowest BCUT2D eigenvalue weighted by atomic mass is 9.78. The summed E-state index contributed by atoms with van der Waals surface area (Å²) in [5.41, 5.74) is 1.13. The van der Waals surface area contributed by atoms with Gasteiger partial charge in [0.05, 0.1) is 17.9 Å². The molecule has 1 aromatic heterocycles. The molecular weight excluding hydrogens is 286 g/mol. The molecule has 1 amide bonds. The van der Waals surface area contributed by atoms with Gasteiger partial charge in [-0.2, -0.15) is 0 Å². The van der Waals surface area contributed by atoms with Crippen LogP contribution in [0.1, 0.15) is 54.0 Å². The van der Waals surface area contributed by atoms with Crippen LogP contribution in [-0.2, 0) is 9.59 Å². The zero-order chi connectivity index (χ0) is 15.6. The van der Waals surface area contributed by atoms with Gasteiger partial charge < -0.3 is 10.4 Å². The van der Waals surface area contributed by atoms with E-state index in [1.807, 2.05) is 6.92 Å². The number of amides is 1. The van der Waals surface area contributed by atoms with E-state index < -0.39 is 17.8 Å². The highest BCUT2D eigenvalue weighted by Crippen LogP contribution is 2.32. The van der Waals surface area contributed by atoms with Crippen LogP contribution in [0.25, 0.3) is 0 Å². The van der Waals surface area contributed by atoms with E-state index in [4.69, 9.17) is 0 Å². The molecule has 5 heteroatoms. The summed E-state index contributed by atoms with van der Waals surface area (Å²) >= 11 is 1.72. The number of nitrogens with one attached hydrogen (secondary N) is 1. The zero-order valence-corrected chi connectivity index (χ0v) is 13.6. The number of carbonyl (C=O) groups excluding carboxylic acids is 1. The van der Waals surface area contributed by atoms with E-state index in [1.54, 1.807) is 11.3 Å². The third-order valence-electron chi connectivity index (χ3n) is 4.32. The van der Waals surface area contributed by atoms with Gasteiger partial charge in [-0.1, -0.05) is 12.8 Å². The number of hydrogen-bond donors (Lipinski definition) is 2. The Labute approximate surface area is 129 Å². The van der Waals surface area contributed by atoms with Crippen molar-refractivity contribution in [3.63, 3.8) is 0 Å². The topological polar surface area (TPSA) is 66.4 Å². The van der Waals surface area contributed by atoms with Crippen LogP contribution in [0.4, 0.5) is 0 Å². The number of carboxylic acid groups (broad SMARTS) is 1. The molecule has 1 aliphatic carbocycles. The highest BCUT2D eigenvalue weighted by molar-refractivity contribution is 7.12. The van der Waals surface area contributed by atoms with Crippen LogP contribution in [0.3, 0.4) is 0 Å². The van der Waals surface area contributed by atoms with Gasteiger partial charge in [0, 0.05) is 9.75 Å². The Kier molecular flexibility index (Phi) is 5.04. The van der Waals surface area contributed by atoms with Gasteiger partial charge in [0.25, 0.3) is 0 Å². The number of hydrogen-bond acceptors (Lipinski definition) is 3. The molecule has 0 radical (unpaired) electrons. The van der Waals surface area contributed by atoms with Crippen LogP contribution < -0.4 is 5.32 Å². The third kappa shape index (κ3) is 3.64. The van der Waals surface area contributed by atoms with Crippen molar-refractivity contribution in [2.75, 3.05) is 0 Å². The fraction of sp³-hybridized carbons (Fsp3) is 0.625. The van der Waals surface area contributed by atoms with E-state index in [1.165, 1.54) is 9.75 Å². The Hall–Kier alpha value is -1.36. The molecule has 21 heavy (non-hydrogen) atoms. The minimum absolute atomic E-state index is 0.0705. The molecule has 1 saturated carbocycles. The molecule has 3 atom stereocenters. The van der Waals surface area contributed by atoms with Crippen LogP contribution in [0.15, 0.2) is 6.07 Å². The van der Waals surface area contributed by atoms with Crippen LogP contribution in [0, 0.1) is 25.7 Å². The lowest BCUT2D eigenvalue weighted by molar-refractivity contribution is -0.149. The van der Waals surface area contributed by atoms with Gasteiger partial charge >= 0.3 is 5.97 Å². The summed E-state index contributed by atoms with van der Waals surface area (Å²) in [4.78, 5) is 26.2. The Morgan fingerprint density at radius 2 is 1.90 bits per heavy atom. The number of carboxylic acids is 1. The van der Waals surface area contributed by atoms with Gasteiger partial charge in [-0.15, -0.1) is 11.3 Å². The molecule has 0 aromatic carbocycles. The highest BCUT2D eigenvalue weighted by Gasteiger charge is 2.36. The maximum atomic E-state index is 12.4. The van der Waals surface area contributed by atoms with Gasteiger partial charge in [0.1, 0.15) is 0 Å². The fourth-order valence-electron chi connectivity index (χ4n) is 3.22. The first-order valence-electron chi connectivity index (χ1n) is 7.50. The Morgan fingerprint density at radius 3 is 2.43 bits per heavy atom. The minimum Gasteiger partial charge on any atom is -0.481 e. The molecule has 2 N–H and O–H groups in total. The molecule has 0 saturated heterocycles. The monoisotopic (exact) mass is 309 g/mol. The standard InChI is InChI=1S/C16H23NO3S/c1-9-8-14(11(3)21-9)10(2)17-15(18)12-6-4-5-7-13(12)16(19)20/h8,10,12-13H,4-7H2,1-3H3,(H,17,18)(H,19,20). The normalized spacial score (nSPS) is 23.6. The lowest BCUT2D eigenvalue weighted by Crippen LogP contribution is -2.40.